The molecule has 1 aliphatic rings. The number of anilines is 1. The second-order valence-electron chi connectivity index (χ2n) is 8.94. The summed E-state index contributed by atoms with van der Waals surface area (Å²) in [6.07, 6.45) is 1.17. The van der Waals surface area contributed by atoms with Gasteiger partial charge >= 0.3 is 12.1 Å². The molecule has 0 bridgehead atoms. The maximum atomic E-state index is 12.8. The molecular formula is C25H31N5O9. The Morgan fingerprint density at radius 1 is 0.923 bits per heavy atom. The molecule has 0 aliphatic carbocycles. The van der Waals surface area contributed by atoms with Crippen molar-refractivity contribution in [1.29, 1.82) is 0 Å². The number of hydrogen-bond acceptors (Lipinski definition) is 8. The Balaban J connectivity index is 1.82. The molecule has 1 aromatic rings. The Morgan fingerprint density at radius 2 is 1.54 bits per heavy atom. The first-order valence-electron chi connectivity index (χ1n) is 12.0. The fourth-order valence-electron chi connectivity index (χ4n) is 3.30. The molecule has 0 unspecified atom stereocenters. The third kappa shape index (κ3) is 9.91. The first kappa shape index (κ1) is 30.5. The maximum Gasteiger partial charge on any atom is 0.407 e. The van der Waals surface area contributed by atoms with Gasteiger partial charge in [-0.1, -0.05) is 26.0 Å². The van der Waals surface area contributed by atoms with Gasteiger partial charge in [0.05, 0.1) is 0 Å². The SMILES string of the molecule is CC(C)[C@H](NC(=O)CCN1C(=O)C=CC1=O)C(=O)N[C@@H](C)C(=O)Nc1ccc(COC(=O)NCC(=O)O)cc1. The summed E-state index contributed by atoms with van der Waals surface area (Å²) < 4.78 is 4.89. The van der Waals surface area contributed by atoms with Crippen LogP contribution < -0.4 is 21.3 Å². The molecule has 14 heteroatoms. The summed E-state index contributed by atoms with van der Waals surface area (Å²) in [5.74, 6) is -4.16. The highest BCUT2D eigenvalue weighted by Gasteiger charge is 2.28. The Labute approximate surface area is 224 Å². The van der Waals surface area contributed by atoms with Gasteiger partial charge in [-0.15, -0.1) is 0 Å². The average Bonchev–Trinajstić information content (AvgIpc) is 3.20. The first-order chi connectivity index (χ1) is 18.4. The molecule has 210 valence electrons. The standard InChI is InChI=1S/C25H31N5O9/c1-14(2)22(29-18(31)10-11-30-19(32)8-9-20(30)33)24(37)27-15(3)23(36)28-17-6-4-16(5-7-17)13-39-25(38)26-12-21(34)35/h4-9,14-15,22H,10-13H2,1-3H3,(H,26,38)(H,27,37)(H,28,36)(H,29,31)(H,34,35)/t15-,22-/m0/s1. The summed E-state index contributed by atoms with van der Waals surface area (Å²) in [6, 6.07) is 4.39. The highest BCUT2D eigenvalue weighted by atomic mass is 16.5. The summed E-state index contributed by atoms with van der Waals surface area (Å²) in [7, 11) is 0. The van der Waals surface area contributed by atoms with E-state index in [0.29, 0.717) is 11.3 Å². The van der Waals surface area contributed by atoms with Crippen LogP contribution in [0.1, 0.15) is 32.8 Å². The van der Waals surface area contributed by atoms with Crippen LogP contribution in [0.15, 0.2) is 36.4 Å². The van der Waals surface area contributed by atoms with Crippen LogP contribution in [-0.2, 0) is 40.1 Å². The number of hydrogen-bond donors (Lipinski definition) is 5. The zero-order valence-corrected chi connectivity index (χ0v) is 21.7. The third-order valence-corrected chi connectivity index (χ3v) is 5.46. The van der Waals surface area contributed by atoms with Crippen LogP contribution >= 0.6 is 0 Å². The number of nitrogens with zero attached hydrogens (tertiary/aromatic N) is 1. The highest BCUT2D eigenvalue weighted by molar-refractivity contribution is 6.13. The van der Waals surface area contributed by atoms with E-state index < -0.39 is 60.2 Å². The fraction of sp³-hybridized carbons (Fsp3) is 0.400. The van der Waals surface area contributed by atoms with Crippen molar-refractivity contribution in [2.75, 3.05) is 18.4 Å². The van der Waals surface area contributed by atoms with Crippen LogP contribution in [-0.4, -0.2) is 76.8 Å². The molecule has 6 amide bonds. The molecule has 14 nitrogen and oxygen atoms in total. The number of carbonyl (C=O) groups is 7. The van der Waals surface area contributed by atoms with Crippen LogP contribution in [0.2, 0.25) is 0 Å². The van der Waals surface area contributed by atoms with Crippen LogP contribution in [0.25, 0.3) is 0 Å². The van der Waals surface area contributed by atoms with Gasteiger partial charge in [0.15, 0.2) is 0 Å². The second-order valence-corrected chi connectivity index (χ2v) is 8.94. The minimum Gasteiger partial charge on any atom is -0.480 e. The van der Waals surface area contributed by atoms with E-state index in [9.17, 15) is 33.6 Å². The molecule has 0 saturated carbocycles. The number of carbonyl (C=O) groups excluding carboxylic acids is 6. The lowest BCUT2D eigenvalue weighted by atomic mass is 10.0. The molecular weight excluding hydrogens is 514 g/mol. The van der Waals surface area contributed by atoms with Crippen molar-refractivity contribution in [2.45, 2.75) is 45.9 Å². The van der Waals surface area contributed by atoms with Crippen molar-refractivity contribution in [1.82, 2.24) is 20.9 Å². The van der Waals surface area contributed by atoms with Crippen molar-refractivity contribution < 1.29 is 43.4 Å². The second kappa shape index (κ2) is 14.3. The topological polar surface area (TPSA) is 200 Å². The number of carboxylic acids is 1. The lowest BCUT2D eigenvalue weighted by Crippen LogP contribution is -2.54. The minimum absolute atomic E-state index is 0.115. The maximum absolute atomic E-state index is 12.8. The summed E-state index contributed by atoms with van der Waals surface area (Å²) in [5, 5.41) is 18.4. The molecule has 5 N–H and O–H groups in total. The lowest BCUT2D eigenvalue weighted by molar-refractivity contribution is -0.138. The predicted molar refractivity (Wildman–Crippen MR) is 136 cm³/mol. The van der Waals surface area contributed by atoms with Gasteiger partial charge in [-0.3, -0.25) is 33.7 Å². The molecule has 39 heavy (non-hydrogen) atoms. The number of ether oxygens (including phenoxy) is 1. The van der Waals surface area contributed by atoms with Gasteiger partial charge in [0.25, 0.3) is 11.8 Å². The smallest absolute Gasteiger partial charge is 0.407 e. The number of amides is 6. The minimum atomic E-state index is -1.20. The molecule has 0 fully saturated rings. The van der Waals surface area contributed by atoms with Gasteiger partial charge < -0.3 is 31.1 Å². The number of benzene rings is 1. The predicted octanol–water partition coefficient (Wildman–Crippen LogP) is -0.103. The van der Waals surface area contributed by atoms with Gasteiger partial charge in [0.2, 0.25) is 17.7 Å². The summed E-state index contributed by atoms with van der Waals surface area (Å²) in [5.41, 5.74) is 0.999. The van der Waals surface area contributed by atoms with Crippen molar-refractivity contribution in [2.24, 2.45) is 5.92 Å². The molecule has 2 rings (SSSR count). The van der Waals surface area contributed by atoms with Gasteiger partial charge in [-0.05, 0) is 30.5 Å². The van der Waals surface area contributed by atoms with Crippen molar-refractivity contribution in [3.8, 4) is 0 Å². The number of imide groups is 1. The van der Waals surface area contributed by atoms with Crippen molar-refractivity contribution in [3.63, 3.8) is 0 Å². The van der Waals surface area contributed by atoms with Crippen LogP contribution in [0.4, 0.5) is 10.5 Å². The van der Waals surface area contributed by atoms with E-state index >= 15 is 0 Å². The van der Waals surface area contributed by atoms with Crippen LogP contribution in [0.3, 0.4) is 0 Å². The molecule has 1 aliphatic heterocycles. The molecule has 1 aromatic carbocycles. The van der Waals surface area contributed by atoms with Gasteiger partial charge in [-0.2, -0.15) is 0 Å². The monoisotopic (exact) mass is 545 g/mol. The van der Waals surface area contributed by atoms with E-state index in [4.69, 9.17) is 9.84 Å². The molecule has 2 atom stereocenters. The summed E-state index contributed by atoms with van der Waals surface area (Å²) in [4.78, 5) is 83.7. The first-order valence-corrected chi connectivity index (χ1v) is 12.0. The zero-order valence-electron chi connectivity index (χ0n) is 21.7. The Morgan fingerprint density at radius 3 is 2.10 bits per heavy atom. The number of aliphatic carboxylic acids is 1. The molecule has 0 radical (unpaired) electrons. The van der Waals surface area contributed by atoms with E-state index in [-0.39, 0.29) is 25.5 Å². The normalized spacial score (nSPS) is 14.0. The van der Waals surface area contributed by atoms with E-state index in [1.807, 2.05) is 0 Å². The van der Waals surface area contributed by atoms with Gasteiger partial charge in [0.1, 0.15) is 25.2 Å². The van der Waals surface area contributed by atoms with Crippen molar-refractivity contribution >= 4 is 47.3 Å². The Kier molecular flexibility index (Phi) is 11.1. The molecule has 0 saturated heterocycles. The van der Waals surface area contributed by atoms with Gasteiger partial charge in [-0.25, -0.2) is 4.79 Å². The Bertz CT molecular complexity index is 1130. The van der Waals surface area contributed by atoms with E-state index in [2.05, 4.69) is 21.3 Å². The molecule has 1 heterocycles. The van der Waals surface area contributed by atoms with Crippen molar-refractivity contribution in [3.05, 3.63) is 42.0 Å². The van der Waals surface area contributed by atoms with Crippen LogP contribution in [0.5, 0.6) is 0 Å². The highest BCUT2D eigenvalue weighted by Crippen LogP contribution is 2.12. The number of rotatable bonds is 13. The van der Waals surface area contributed by atoms with Crippen LogP contribution in [0, 0.1) is 5.92 Å². The largest absolute Gasteiger partial charge is 0.480 e. The molecule has 0 aromatic heterocycles. The fourth-order valence-corrected chi connectivity index (χ4v) is 3.30. The van der Waals surface area contributed by atoms with E-state index in [1.165, 1.54) is 6.92 Å². The average molecular weight is 546 g/mol. The molecule has 0 spiro atoms. The van der Waals surface area contributed by atoms with E-state index in [0.717, 1.165) is 17.1 Å². The summed E-state index contributed by atoms with van der Waals surface area (Å²) >= 11 is 0. The van der Waals surface area contributed by atoms with E-state index in [1.54, 1.807) is 38.1 Å². The lowest BCUT2D eigenvalue weighted by Gasteiger charge is -2.24. The number of nitrogens with one attached hydrogen (secondary N) is 4. The Hall–Kier alpha value is -4.75. The number of carboxylic acid groups (broad SMARTS) is 1. The zero-order chi connectivity index (χ0) is 29.1. The summed E-state index contributed by atoms with van der Waals surface area (Å²) in [6.45, 7) is 4.11. The van der Waals surface area contributed by atoms with Gasteiger partial charge in [0, 0.05) is 30.8 Å². The number of alkyl carbamates (subject to hydrolysis) is 1. The third-order valence-electron chi connectivity index (χ3n) is 5.46. The quantitative estimate of drug-likeness (QED) is 0.210.